The minimum Gasteiger partial charge on any atom is -0.445 e. The number of amides is 1. The molecule has 1 atom stereocenters. The molecule has 4 nitrogen and oxygen atoms in total. The molecule has 0 aliphatic heterocycles. The van der Waals surface area contributed by atoms with Crippen molar-refractivity contribution in [3.8, 4) is 6.07 Å². The van der Waals surface area contributed by atoms with Gasteiger partial charge in [0.05, 0.1) is 6.07 Å². The van der Waals surface area contributed by atoms with E-state index >= 15 is 0 Å². The van der Waals surface area contributed by atoms with Gasteiger partial charge < -0.3 is 10.1 Å². The Balaban J connectivity index is 1.98. The van der Waals surface area contributed by atoms with E-state index in [0.29, 0.717) is 15.6 Å². The smallest absolute Gasteiger partial charge is 0.408 e. The van der Waals surface area contributed by atoms with E-state index in [0.717, 1.165) is 5.56 Å². The first-order valence-electron chi connectivity index (χ1n) is 6.42. The van der Waals surface area contributed by atoms with E-state index in [1.807, 2.05) is 36.4 Å². The van der Waals surface area contributed by atoms with Gasteiger partial charge in [0.15, 0.2) is 0 Å². The van der Waals surface area contributed by atoms with Gasteiger partial charge in [-0.05, 0) is 17.7 Å². The first-order valence-corrected chi connectivity index (χ1v) is 7.17. The lowest BCUT2D eigenvalue weighted by molar-refractivity contribution is 0.137. The number of nitrogens with zero attached hydrogens (tertiary/aromatic N) is 1. The van der Waals surface area contributed by atoms with Crippen LogP contribution in [-0.4, -0.2) is 6.09 Å². The third kappa shape index (κ3) is 4.39. The van der Waals surface area contributed by atoms with Crippen LogP contribution in [0.5, 0.6) is 0 Å². The molecule has 2 aromatic carbocycles. The van der Waals surface area contributed by atoms with Gasteiger partial charge in [-0.15, -0.1) is 0 Å². The van der Waals surface area contributed by atoms with E-state index in [-0.39, 0.29) is 6.61 Å². The van der Waals surface area contributed by atoms with Gasteiger partial charge in [0.25, 0.3) is 0 Å². The van der Waals surface area contributed by atoms with Crippen molar-refractivity contribution in [2.45, 2.75) is 12.6 Å². The van der Waals surface area contributed by atoms with Gasteiger partial charge in [-0.25, -0.2) is 4.79 Å². The Bertz CT molecular complexity index is 699. The summed E-state index contributed by atoms with van der Waals surface area (Å²) in [6.07, 6.45) is -0.693. The van der Waals surface area contributed by atoms with Crippen LogP contribution in [0.3, 0.4) is 0 Å². The highest BCUT2D eigenvalue weighted by Crippen LogP contribution is 2.26. The molecule has 0 heterocycles. The molecule has 0 saturated heterocycles. The van der Waals surface area contributed by atoms with Crippen molar-refractivity contribution in [2.75, 3.05) is 0 Å². The Morgan fingerprint density at radius 1 is 1.23 bits per heavy atom. The lowest BCUT2D eigenvalue weighted by Gasteiger charge is -2.14. The highest BCUT2D eigenvalue weighted by Gasteiger charge is 2.17. The topological polar surface area (TPSA) is 62.1 Å². The van der Waals surface area contributed by atoms with Crippen LogP contribution in [0.25, 0.3) is 0 Å². The number of rotatable bonds is 4. The molecule has 22 heavy (non-hydrogen) atoms. The number of nitrogens with one attached hydrogen (secondary N) is 1. The normalized spacial score (nSPS) is 11.3. The number of ether oxygens (including phenoxy) is 1. The van der Waals surface area contributed by atoms with Gasteiger partial charge in [0, 0.05) is 15.6 Å². The fraction of sp³-hybridized carbons (Fsp3) is 0.125. The Hall–Kier alpha value is -2.22. The maximum absolute atomic E-state index is 11.8. The summed E-state index contributed by atoms with van der Waals surface area (Å²) in [6, 6.07) is 15.0. The molecule has 1 N–H and O–H groups in total. The minimum absolute atomic E-state index is 0.124. The highest BCUT2D eigenvalue weighted by molar-refractivity contribution is 6.35. The molecule has 2 aromatic rings. The highest BCUT2D eigenvalue weighted by atomic mass is 35.5. The lowest BCUT2D eigenvalue weighted by atomic mass is 10.1. The maximum atomic E-state index is 11.8. The van der Waals surface area contributed by atoms with Crippen LogP contribution in [0.15, 0.2) is 48.5 Å². The van der Waals surface area contributed by atoms with Crippen molar-refractivity contribution in [1.29, 1.82) is 5.26 Å². The SMILES string of the molecule is N#CC(NC(=O)OCc1ccccc1)c1ccc(Cl)cc1Cl. The second kappa shape index (κ2) is 7.69. The molecule has 0 fully saturated rings. The molecule has 0 saturated carbocycles. The number of nitriles is 1. The summed E-state index contributed by atoms with van der Waals surface area (Å²) in [7, 11) is 0. The van der Waals surface area contributed by atoms with E-state index in [1.165, 1.54) is 6.07 Å². The molecule has 2 rings (SSSR count). The molecule has 0 aliphatic rings. The van der Waals surface area contributed by atoms with Crippen LogP contribution in [0.2, 0.25) is 10.0 Å². The molecule has 0 spiro atoms. The molecule has 112 valence electrons. The van der Waals surface area contributed by atoms with Gasteiger partial charge in [-0.3, -0.25) is 0 Å². The van der Waals surface area contributed by atoms with Crippen molar-refractivity contribution >= 4 is 29.3 Å². The molecular formula is C16H12Cl2N2O2. The van der Waals surface area contributed by atoms with Crippen molar-refractivity contribution < 1.29 is 9.53 Å². The maximum Gasteiger partial charge on any atom is 0.408 e. The van der Waals surface area contributed by atoms with Gasteiger partial charge in [-0.1, -0.05) is 59.6 Å². The number of carbonyl (C=O) groups excluding carboxylic acids is 1. The molecule has 0 radical (unpaired) electrons. The van der Waals surface area contributed by atoms with Gasteiger partial charge in [0.2, 0.25) is 0 Å². The van der Waals surface area contributed by atoms with Crippen LogP contribution in [0.1, 0.15) is 17.2 Å². The molecule has 0 bridgehead atoms. The summed E-state index contributed by atoms with van der Waals surface area (Å²) < 4.78 is 5.08. The monoisotopic (exact) mass is 334 g/mol. The van der Waals surface area contributed by atoms with E-state index in [4.69, 9.17) is 27.9 Å². The average molecular weight is 335 g/mol. The number of halogens is 2. The van der Waals surface area contributed by atoms with Crippen molar-refractivity contribution in [1.82, 2.24) is 5.32 Å². The van der Waals surface area contributed by atoms with Crippen LogP contribution >= 0.6 is 23.2 Å². The van der Waals surface area contributed by atoms with E-state index < -0.39 is 12.1 Å². The fourth-order valence-electron chi connectivity index (χ4n) is 1.80. The van der Waals surface area contributed by atoms with E-state index in [2.05, 4.69) is 5.32 Å². The van der Waals surface area contributed by atoms with Gasteiger partial charge in [-0.2, -0.15) is 5.26 Å². The number of hydrogen-bond acceptors (Lipinski definition) is 3. The van der Waals surface area contributed by atoms with Gasteiger partial charge >= 0.3 is 6.09 Å². The number of alkyl carbamates (subject to hydrolysis) is 1. The second-order valence-electron chi connectivity index (χ2n) is 4.43. The Labute approximate surface area is 138 Å². The molecule has 1 unspecified atom stereocenters. The quantitative estimate of drug-likeness (QED) is 0.896. The minimum atomic E-state index is -0.909. The third-order valence-corrected chi connectivity index (χ3v) is 3.44. The van der Waals surface area contributed by atoms with Crippen LogP contribution in [0, 0.1) is 11.3 Å². The zero-order valence-electron chi connectivity index (χ0n) is 11.4. The first-order chi connectivity index (χ1) is 10.6. The van der Waals surface area contributed by atoms with E-state index in [1.54, 1.807) is 12.1 Å². The Morgan fingerprint density at radius 3 is 2.59 bits per heavy atom. The fourth-order valence-corrected chi connectivity index (χ4v) is 2.32. The summed E-state index contributed by atoms with van der Waals surface area (Å²) in [5.41, 5.74) is 1.32. The van der Waals surface area contributed by atoms with E-state index in [9.17, 15) is 10.1 Å². The molecular weight excluding hydrogens is 323 g/mol. The third-order valence-electron chi connectivity index (χ3n) is 2.88. The second-order valence-corrected chi connectivity index (χ2v) is 5.28. The van der Waals surface area contributed by atoms with Crippen molar-refractivity contribution in [3.63, 3.8) is 0 Å². The average Bonchev–Trinajstić information content (AvgIpc) is 2.52. The largest absolute Gasteiger partial charge is 0.445 e. The standard InChI is InChI=1S/C16H12Cl2N2O2/c17-12-6-7-13(14(18)8-12)15(9-19)20-16(21)22-10-11-4-2-1-3-5-11/h1-8,15H,10H2,(H,20,21). The summed E-state index contributed by atoms with van der Waals surface area (Å²) >= 11 is 11.8. The number of carbonyl (C=O) groups is 1. The Morgan fingerprint density at radius 2 is 1.95 bits per heavy atom. The van der Waals surface area contributed by atoms with Crippen LogP contribution in [-0.2, 0) is 11.3 Å². The van der Waals surface area contributed by atoms with Crippen LogP contribution < -0.4 is 5.32 Å². The summed E-state index contributed by atoms with van der Waals surface area (Å²) in [5, 5.41) is 12.4. The summed E-state index contributed by atoms with van der Waals surface area (Å²) in [4.78, 5) is 11.8. The number of hydrogen-bond donors (Lipinski definition) is 1. The summed E-state index contributed by atoms with van der Waals surface area (Å²) in [6.45, 7) is 0.124. The molecule has 6 heteroatoms. The Kier molecular flexibility index (Phi) is 5.65. The van der Waals surface area contributed by atoms with Crippen molar-refractivity contribution in [3.05, 3.63) is 69.7 Å². The molecule has 1 amide bonds. The predicted molar refractivity (Wildman–Crippen MR) is 84.6 cm³/mol. The number of benzene rings is 2. The lowest BCUT2D eigenvalue weighted by Crippen LogP contribution is -2.28. The predicted octanol–water partition coefficient (Wildman–Crippen LogP) is 4.48. The zero-order chi connectivity index (χ0) is 15.9. The van der Waals surface area contributed by atoms with Crippen molar-refractivity contribution in [2.24, 2.45) is 0 Å². The molecule has 0 aromatic heterocycles. The zero-order valence-corrected chi connectivity index (χ0v) is 12.9. The molecule has 0 aliphatic carbocycles. The summed E-state index contributed by atoms with van der Waals surface area (Å²) in [5.74, 6) is 0. The van der Waals surface area contributed by atoms with Crippen LogP contribution in [0.4, 0.5) is 4.79 Å². The first kappa shape index (κ1) is 16.2. The van der Waals surface area contributed by atoms with Gasteiger partial charge in [0.1, 0.15) is 12.6 Å².